The third kappa shape index (κ3) is 3.13. The van der Waals surface area contributed by atoms with Gasteiger partial charge in [-0.25, -0.2) is 4.99 Å². The van der Waals surface area contributed by atoms with Gasteiger partial charge in [-0.05, 0) is 43.7 Å². The van der Waals surface area contributed by atoms with Gasteiger partial charge in [-0.1, -0.05) is 23.7 Å². The molecule has 112 valence electrons. The highest BCUT2D eigenvalue weighted by Gasteiger charge is 2.10. The smallest absolute Gasteiger partial charge is 0.190 e. The Labute approximate surface area is 138 Å². The van der Waals surface area contributed by atoms with Crippen molar-refractivity contribution < 1.29 is 0 Å². The van der Waals surface area contributed by atoms with Crippen LogP contribution in [0.15, 0.2) is 59.2 Å². The molecule has 0 N–H and O–H groups in total. The highest BCUT2D eigenvalue weighted by molar-refractivity contribution is 7.07. The lowest BCUT2D eigenvalue weighted by atomic mass is 10.1. The molecule has 3 rings (SSSR count). The molecule has 2 aromatic heterocycles. The van der Waals surface area contributed by atoms with Crippen LogP contribution in [0.1, 0.15) is 19.9 Å². The molecule has 0 aliphatic rings. The summed E-state index contributed by atoms with van der Waals surface area (Å²) in [6.07, 6.45) is 3.52. The van der Waals surface area contributed by atoms with E-state index < -0.39 is 0 Å². The molecule has 0 amide bonds. The van der Waals surface area contributed by atoms with E-state index in [9.17, 15) is 0 Å². The molecule has 0 saturated carbocycles. The van der Waals surface area contributed by atoms with Crippen LogP contribution in [0, 0.1) is 0 Å². The van der Waals surface area contributed by atoms with E-state index in [4.69, 9.17) is 16.6 Å². The Hall–Kier alpha value is -1.91. The van der Waals surface area contributed by atoms with Crippen molar-refractivity contribution in [3.8, 4) is 11.3 Å². The van der Waals surface area contributed by atoms with Crippen molar-refractivity contribution in [2.24, 2.45) is 4.99 Å². The van der Waals surface area contributed by atoms with Crippen LogP contribution in [-0.2, 0) is 0 Å². The first-order chi connectivity index (χ1) is 10.6. The van der Waals surface area contributed by atoms with Crippen LogP contribution in [0.4, 0.5) is 5.69 Å². The van der Waals surface area contributed by atoms with Crippen LogP contribution in [0.3, 0.4) is 0 Å². The normalized spacial score (nSPS) is 12.1. The Balaban J connectivity index is 2.14. The summed E-state index contributed by atoms with van der Waals surface area (Å²) in [5, 5.41) is 2.88. The van der Waals surface area contributed by atoms with Gasteiger partial charge in [0.15, 0.2) is 4.80 Å². The van der Waals surface area contributed by atoms with Gasteiger partial charge in [0.1, 0.15) is 0 Å². The summed E-state index contributed by atoms with van der Waals surface area (Å²) in [4.78, 5) is 9.80. The number of pyridine rings is 1. The first-order valence-corrected chi connectivity index (χ1v) is 8.31. The van der Waals surface area contributed by atoms with E-state index in [1.165, 1.54) is 0 Å². The molecule has 22 heavy (non-hydrogen) atoms. The summed E-state index contributed by atoms with van der Waals surface area (Å²) >= 11 is 7.62. The molecule has 0 bridgehead atoms. The van der Waals surface area contributed by atoms with Gasteiger partial charge in [-0.2, -0.15) is 0 Å². The molecule has 0 spiro atoms. The van der Waals surface area contributed by atoms with Gasteiger partial charge < -0.3 is 4.57 Å². The topological polar surface area (TPSA) is 30.2 Å². The summed E-state index contributed by atoms with van der Waals surface area (Å²) in [5.41, 5.74) is 3.16. The maximum atomic E-state index is 5.98. The number of nitrogens with zero attached hydrogens (tertiary/aromatic N) is 3. The largest absolute Gasteiger partial charge is 0.314 e. The Morgan fingerprint density at radius 2 is 1.95 bits per heavy atom. The molecule has 0 aliphatic heterocycles. The summed E-state index contributed by atoms with van der Waals surface area (Å²) < 4.78 is 2.24. The van der Waals surface area contributed by atoms with E-state index in [-0.39, 0.29) is 0 Å². The maximum absolute atomic E-state index is 5.98. The SMILES string of the molecule is CC(C)n1c(-c2ccc(Cl)cc2)csc1=Nc1cccnc1. The minimum absolute atomic E-state index is 0.312. The minimum Gasteiger partial charge on any atom is -0.314 e. The Morgan fingerprint density at radius 1 is 1.18 bits per heavy atom. The number of benzene rings is 1. The summed E-state index contributed by atoms with van der Waals surface area (Å²) in [7, 11) is 0. The van der Waals surface area contributed by atoms with Crippen LogP contribution in [0.25, 0.3) is 11.3 Å². The molecule has 0 saturated heterocycles. The lowest BCUT2D eigenvalue weighted by Crippen LogP contribution is -2.17. The van der Waals surface area contributed by atoms with Crippen molar-refractivity contribution in [3.05, 3.63) is 64.0 Å². The fourth-order valence-electron chi connectivity index (χ4n) is 2.26. The van der Waals surface area contributed by atoms with E-state index in [0.717, 1.165) is 26.8 Å². The Bertz CT molecular complexity index is 817. The Kier molecular flexibility index (Phi) is 4.41. The lowest BCUT2D eigenvalue weighted by Gasteiger charge is -2.12. The van der Waals surface area contributed by atoms with Crippen molar-refractivity contribution in [3.63, 3.8) is 0 Å². The van der Waals surface area contributed by atoms with Crippen LogP contribution < -0.4 is 4.80 Å². The van der Waals surface area contributed by atoms with E-state index in [1.807, 2.05) is 36.4 Å². The van der Waals surface area contributed by atoms with E-state index in [2.05, 4.69) is 28.8 Å². The van der Waals surface area contributed by atoms with Gasteiger partial charge in [-0.15, -0.1) is 11.3 Å². The molecule has 0 radical (unpaired) electrons. The van der Waals surface area contributed by atoms with Gasteiger partial charge in [0.05, 0.1) is 17.6 Å². The average Bonchev–Trinajstić information content (AvgIpc) is 2.93. The third-order valence-electron chi connectivity index (χ3n) is 3.27. The van der Waals surface area contributed by atoms with Gasteiger partial charge in [-0.3, -0.25) is 4.98 Å². The van der Waals surface area contributed by atoms with E-state index in [0.29, 0.717) is 6.04 Å². The molecule has 0 unspecified atom stereocenters. The number of hydrogen-bond donors (Lipinski definition) is 0. The molecule has 0 fully saturated rings. The fourth-order valence-corrected chi connectivity index (χ4v) is 3.44. The molecule has 5 heteroatoms. The molecular weight excluding hydrogens is 314 g/mol. The fraction of sp³-hybridized carbons (Fsp3) is 0.176. The van der Waals surface area contributed by atoms with Crippen molar-refractivity contribution in [2.45, 2.75) is 19.9 Å². The number of aromatic nitrogens is 2. The molecule has 3 aromatic rings. The van der Waals surface area contributed by atoms with Crippen molar-refractivity contribution in [1.29, 1.82) is 0 Å². The molecule has 0 atom stereocenters. The second-order valence-electron chi connectivity index (χ2n) is 5.20. The number of thiazole rings is 1. The van der Waals surface area contributed by atoms with Gasteiger partial charge in [0.2, 0.25) is 0 Å². The second-order valence-corrected chi connectivity index (χ2v) is 6.47. The van der Waals surface area contributed by atoms with Gasteiger partial charge >= 0.3 is 0 Å². The number of hydrogen-bond acceptors (Lipinski definition) is 3. The van der Waals surface area contributed by atoms with Crippen LogP contribution in [-0.4, -0.2) is 9.55 Å². The maximum Gasteiger partial charge on any atom is 0.190 e. The zero-order valence-electron chi connectivity index (χ0n) is 12.4. The molecular formula is C17H16ClN3S. The van der Waals surface area contributed by atoms with Crippen LogP contribution in [0.2, 0.25) is 5.02 Å². The number of halogens is 1. The zero-order valence-corrected chi connectivity index (χ0v) is 14.0. The van der Waals surface area contributed by atoms with Crippen molar-refractivity contribution in [1.82, 2.24) is 9.55 Å². The summed E-state index contributed by atoms with van der Waals surface area (Å²) in [5.74, 6) is 0. The molecule has 3 nitrogen and oxygen atoms in total. The minimum atomic E-state index is 0.312. The van der Waals surface area contributed by atoms with Crippen molar-refractivity contribution >= 4 is 28.6 Å². The van der Waals surface area contributed by atoms with E-state index >= 15 is 0 Å². The Morgan fingerprint density at radius 3 is 2.59 bits per heavy atom. The van der Waals surface area contributed by atoms with Gasteiger partial charge in [0.25, 0.3) is 0 Å². The lowest BCUT2D eigenvalue weighted by molar-refractivity contribution is 0.591. The molecule has 2 heterocycles. The monoisotopic (exact) mass is 329 g/mol. The van der Waals surface area contributed by atoms with Crippen LogP contribution >= 0.6 is 22.9 Å². The van der Waals surface area contributed by atoms with Crippen LogP contribution in [0.5, 0.6) is 0 Å². The van der Waals surface area contributed by atoms with Crippen molar-refractivity contribution in [2.75, 3.05) is 0 Å². The standard InChI is InChI=1S/C17H16ClN3S/c1-12(2)21-16(13-5-7-14(18)8-6-13)11-22-17(21)20-15-4-3-9-19-10-15/h3-12H,1-2H3. The quantitative estimate of drug-likeness (QED) is 0.659. The van der Waals surface area contributed by atoms with E-state index in [1.54, 1.807) is 23.7 Å². The molecule has 1 aromatic carbocycles. The second kappa shape index (κ2) is 6.46. The third-order valence-corrected chi connectivity index (χ3v) is 4.36. The summed E-state index contributed by atoms with van der Waals surface area (Å²) in [6, 6.07) is 12.1. The molecule has 0 aliphatic carbocycles. The zero-order chi connectivity index (χ0) is 15.5. The first kappa shape index (κ1) is 15.0. The van der Waals surface area contributed by atoms with Gasteiger partial charge in [0, 0.05) is 22.6 Å². The highest BCUT2D eigenvalue weighted by atomic mass is 35.5. The number of rotatable bonds is 3. The predicted molar refractivity (Wildman–Crippen MR) is 92.6 cm³/mol. The first-order valence-electron chi connectivity index (χ1n) is 7.06. The highest BCUT2D eigenvalue weighted by Crippen LogP contribution is 2.25. The summed E-state index contributed by atoms with van der Waals surface area (Å²) in [6.45, 7) is 4.32. The predicted octanol–water partition coefficient (Wildman–Crippen LogP) is 5.08. The average molecular weight is 330 g/mol.